The first-order valence-electron chi connectivity index (χ1n) is 8.77. The highest BCUT2D eigenvalue weighted by Gasteiger charge is 2.32. The molecule has 0 bridgehead atoms. The van der Waals surface area contributed by atoms with E-state index in [4.69, 9.17) is 9.47 Å². The molecule has 0 spiro atoms. The van der Waals surface area contributed by atoms with E-state index in [9.17, 15) is 14.0 Å². The quantitative estimate of drug-likeness (QED) is 0.812. The Labute approximate surface area is 156 Å². The first-order chi connectivity index (χ1) is 13.0. The molecule has 2 aromatic rings. The summed E-state index contributed by atoms with van der Waals surface area (Å²) in [6, 6.07) is 12.9. The van der Waals surface area contributed by atoms with Crippen LogP contribution in [-0.4, -0.2) is 37.8 Å². The summed E-state index contributed by atoms with van der Waals surface area (Å²) in [6.45, 7) is 3.02. The molecular weight excluding hydrogens is 351 g/mol. The Bertz CT molecular complexity index is 793. The molecule has 1 heterocycles. The van der Waals surface area contributed by atoms with E-state index >= 15 is 0 Å². The smallest absolute Gasteiger partial charge is 0.414 e. The fourth-order valence-electron chi connectivity index (χ4n) is 2.81. The molecular formula is C20H21FN2O4. The van der Waals surface area contributed by atoms with E-state index in [1.165, 1.54) is 29.2 Å². The van der Waals surface area contributed by atoms with E-state index in [0.717, 1.165) is 11.3 Å². The number of halogens is 1. The van der Waals surface area contributed by atoms with Gasteiger partial charge in [0.1, 0.15) is 17.7 Å². The van der Waals surface area contributed by atoms with E-state index in [0.29, 0.717) is 18.8 Å². The van der Waals surface area contributed by atoms with Crippen LogP contribution in [0.4, 0.5) is 14.9 Å². The standard InChI is InChI=1S/C20H21FN2O4/c1-2-26-17-9-3-14(4-10-17)11-19(24)22-12-18-13-23(20(25)27-18)16-7-5-15(21)6-8-16/h3-10,18H,2,11-13H2,1H3,(H,22,24)/t18-/m1/s1. The van der Waals surface area contributed by atoms with Gasteiger partial charge in [0.15, 0.2) is 0 Å². The number of nitrogens with zero attached hydrogens (tertiary/aromatic N) is 1. The minimum Gasteiger partial charge on any atom is -0.494 e. The molecule has 1 fully saturated rings. The molecule has 0 unspecified atom stereocenters. The highest BCUT2D eigenvalue weighted by atomic mass is 19.1. The SMILES string of the molecule is CCOc1ccc(CC(=O)NC[C@@H]2CN(c3ccc(F)cc3)C(=O)O2)cc1. The van der Waals surface area contributed by atoms with Crippen LogP contribution in [0.5, 0.6) is 5.75 Å². The molecule has 3 rings (SSSR count). The normalized spacial score (nSPS) is 16.1. The van der Waals surface area contributed by atoms with Gasteiger partial charge in [-0.15, -0.1) is 0 Å². The Hall–Kier alpha value is -3.09. The lowest BCUT2D eigenvalue weighted by Crippen LogP contribution is -2.35. The van der Waals surface area contributed by atoms with Gasteiger partial charge in [-0.25, -0.2) is 9.18 Å². The second-order valence-electron chi connectivity index (χ2n) is 6.15. The van der Waals surface area contributed by atoms with Gasteiger partial charge in [0.05, 0.1) is 26.1 Å². The van der Waals surface area contributed by atoms with Crippen molar-refractivity contribution >= 4 is 17.7 Å². The molecule has 0 aromatic heterocycles. The van der Waals surface area contributed by atoms with E-state index < -0.39 is 12.2 Å². The Morgan fingerprint density at radius 3 is 2.59 bits per heavy atom. The third kappa shape index (κ3) is 4.97. The average molecular weight is 372 g/mol. The molecule has 7 heteroatoms. The number of amides is 2. The topological polar surface area (TPSA) is 67.9 Å². The Kier molecular flexibility index (Phi) is 5.90. The highest BCUT2D eigenvalue weighted by Crippen LogP contribution is 2.21. The van der Waals surface area contributed by atoms with Gasteiger partial charge in [-0.3, -0.25) is 9.69 Å². The largest absolute Gasteiger partial charge is 0.494 e. The first kappa shape index (κ1) is 18.7. The van der Waals surface area contributed by atoms with E-state index in [-0.39, 0.29) is 24.7 Å². The minimum atomic E-state index is -0.507. The molecule has 6 nitrogen and oxygen atoms in total. The number of hydrogen-bond donors (Lipinski definition) is 1. The summed E-state index contributed by atoms with van der Waals surface area (Å²) in [5.41, 5.74) is 1.43. The van der Waals surface area contributed by atoms with Gasteiger partial charge in [-0.05, 0) is 48.9 Å². The lowest BCUT2D eigenvalue weighted by Gasteiger charge is -2.13. The highest BCUT2D eigenvalue weighted by molar-refractivity contribution is 5.89. The van der Waals surface area contributed by atoms with Crippen molar-refractivity contribution in [3.63, 3.8) is 0 Å². The van der Waals surface area contributed by atoms with Crippen molar-refractivity contribution in [1.29, 1.82) is 0 Å². The van der Waals surface area contributed by atoms with Crippen LogP contribution in [0.2, 0.25) is 0 Å². The number of nitrogens with one attached hydrogen (secondary N) is 1. The van der Waals surface area contributed by atoms with Crippen molar-refractivity contribution in [2.45, 2.75) is 19.4 Å². The van der Waals surface area contributed by atoms with Crippen molar-refractivity contribution < 1.29 is 23.5 Å². The Morgan fingerprint density at radius 1 is 1.22 bits per heavy atom. The van der Waals surface area contributed by atoms with Gasteiger partial charge in [0.25, 0.3) is 0 Å². The van der Waals surface area contributed by atoms with Crippen LogP contribution in [0.3, 0.4) is 0 Å². The molecule has 1 saturated heterocycles. The number of carbonyl (C=O) groups excluding carboxylic acids is 2. The maximum absolute atomic E-state index is 13.0. The van der Waals surface area contributed by atoms with Crippen LogP contribution in [0, 0.1) is 5.82 Å². The second kappa shape index (κ2) is 8.53. The van der Waals surface area contributed by atoms with Gasteiger partial charge in [-0.1, -0.05) is 12.1 Å². The predicted molar refractivity (Wildman–Crippen MR) is 98.3 cm³/mol. The van der Waals surface area contributed by atoms with Gasteiger partial charge < -0.3 is 14.8 Å². The van der Waals surface area contributed by atoms with Crippen molar-refractivity contribution in [2.24, 2.45) is 0 Å². The van der Waals surface area contributed by atoms with Crippen LogP contribution in [0.25, 0.3) is 0 Å². The summed E-state index contributed by atoms with van der Waals surface area (Å²) in [5, 5.41) is 2.78. The molecule has 1 aliphatic heterocycles. The molecule has 1 aliphatic rings. The third-order valence-corrected chi connectivity index (χ3v) is 4.14. The van der Waals surface area contributed by atoms with E-state index in [1.807, 2.05) is 31.2 Å². The molecule has 142 valence electrons. The molecule has 0 aliphatic carbocycles. The number of ether oxygens (including phenoxy) is 2. The lowest BCUT2D eigenvalue weighted by atomic mass is 10.1. The fraction of sp³-hybridized carbons (Fsp3) is 0.300. The summed E-state index contributed by atoms with van der Waals surface area (Å²) in [6.07, 6.45) is -0.728. The number of hydrogen-bond acceptors (Lipinski definition) is 4. The van der Waals surface area contributed by atoms with Crippen molar-refractivity contribution in [3.8, 4) is 5.75 Å². The van der Waals surface area contributed by atoms with Gasteiger partial charge in [0, 0.05) is 5.69 Å². The van der Waals surface area contributed by atoms with Crippen LogP contribution >= 0.6 is 0 Å². The van der Waals surface area contributed by atoms with Crippen molar-refractivity contribution in [3.05, 3.63) is 59.9 Å². The first-order valence-corrected chi connectivity index (χ1v) is 8.77. The molecule has 1 atom stereocenters. The number of rotatable bonds is 7. The third-order valence-electron chi connectivity index (χ3n) is 4.14. The van der Waals surface area contributed by atoms with Crippen molar-refractivity contribution in [1.82, 2.24) is 5.32 Å². The van der Waals surface area contributed by atoms with Gasteiger partial charge in [0.2, 0.25) is 5.91 Å². The zero-order chi connectivity index (χ0) is 19.2. The summed E-state index contributed by atoms with van der Waals surface area (Å²) in [4.78, 5) is 25.5. The van der Waals surface area contributed by atoms with Gasteiger partial charge in [-0.2, -0.15) is 0 Å². The zero-order valence-corrected chi connectivity index (χ0v) is 15.0. The maximum Gasteiger partial charge on any atom is 0.414 e. The summed E-state index contributed by atoms with van der Waals surface area (Å²) < 4.78 is 23.6. The fourth-order valence-corrected chi connectivity index (χ4v) is 2.81. The lowest BCUT2D eigenvalue weighted by molar-refractivity contribution is -0.120. The molecule has 27 heavy (non-hydrogen) atoms. The Balaban J connectivity index is 1.47. The van der Waals surface area contributed by atoms with Crippen LogP contribution in [0.15, 0.2) is 48.5 Å². The molecule has 2 aromatic carbocycles. The van der Waals surface area contributed by atoms with Crippen molar-refractivity contribution in [2.75, 3.05) is 24.6 Å². The molecule has 0 saturated carbocycles. The van der Waals surface area contributed by atoms with Crippen LogP contribution < -0.4 is 15.0 Å². The van der Waals surface area contributed by atoms with E-state index in [2.05, 4.69) is 5.32 Å². The number of benzene rings is 2. The number of cyclic esters (lactones) is 1. The summed E-state index contributed by atoms with van der Waals surface area (Å²) in [5.74, 6) is 0.236. The average Bonchev–Trinajstić information content (AvgIpc) is 3.03. The molecule has 0 radical (unpaired) electrons. The zero-order valence-electron chi connectivity index (χ0n) is 15.0. The monoisotopic (exact) mass is 372 g/mol. The van der Waals surface area contributed by atoms with Crippen LogP contribution in [0.1, 0.15) is 12.5 Å². The second-order valence-corrected chi connectivity index (χ2v) is 6.15. The molecule has 1 N–H and O–H groups in total. The summed E-state index contributed by atoms with van der Waals surface area (Å²) in [7, 11) is 0. The minimum absolute atomic E-state index is 0.157. The number of carbonyl (C=O) groups is 2. The summed E-state index contributed by atoms with van der Waals surface area (Å²) >= 11 is 0. The number of anilines is 1. The van der Waals surface area contributed by atoms with E-state index in [1.54, 1.807) is 0 Å². The van der Waals surface area contributed by atoms with Gasteiger partial charge >= 0.3 is 6.09 Å². The predicted octanol–water partition coefficient (Wildman–Crippen LogP) is 2.91. The maximum atomic E-state index is 13.0. The van der Waals surface area contributed by atoms with Crippen LogP contribution in [-0.2, 0) is 16.0 Å². The molecule has 2 amide bonds. The Morgan fingerprint density at radius 2 is 1.93 bits per heavy atom.